The standard InChI is InChI=1S/C11H13NO6/c1-7-3-4-8(12(16)17)9(5-7)18-6-11(2,15)10(13)14/h3-5,15H,6H2,1-2H3,(H,13,14). The van der Waals surface area contributed by atoms with Gasteiger partial charge in [-0.1, -0.05) is 6.07 Å². The predicted octanol–water partition coefficient (Wildman–Crippen LogP) is 1.12. The molecule has 0 bridgehead atoms. The molecule has 0 aliphatic heterocycles. The molecule has 2 N–H and O–H groups in total. The lowest BCUT2D eigenvalue weighted by molar-refractivity contribution is -0.386. The smallest absolute Gasteiger partial charge is 0.339 e. The van der Waals surface area contributed by atoms with Crippen LogP contribution in [0.2, 0.25) is 0 Å². The minimum absolute atomic E-state index is 0.0680. The maximum Gasteiger partial charge on any atom is 0.339 e. The lowest BCUT2D eigenvalue weighted by atomic mass is 10.1. The van der Waals surface area contributed by atoms with Crippen molar-refractivity contribution in [3.8, 4) is 5.75 Å². The molecule has 1 unspecified atom stereocenters. The largest absolute Gasteiger partial charge is 0.483 e. The second-order valence-corrected chi connectivity index (χ2v) is 4.10. The summed E-state index contributed by atoms with van der Waals surface area (Å²) in [4.78, 5) is 20.8. The number of nitro groups is 1. The van der Waals surface area contributed by atoms with E-state index in [0.29, 0.717) is 0 Å². The van der Waals surface area contributed by atoms with Crippen LogP contribution >= 0.6 is 0 Å². The molecule has 0 spiro atoms. The van der Waals surface area contributed by atoms with Crippen molar-refractivity contribution >= 4 is 11.7 Å². The Balaban J connectivity index is 2.94. The van der Waals surface area contributed by atoms with Crippen LogP contribution in [-0.4, -0.2) is 33.3 Å². The van der Waals surface area contributed by atoms with E-state index < -0.39 is 23.1 Å². The first kappa shape index (κ1) is 13.9. The van der Waals surface area contributed by atoms with Crippen molar-refractivity contribution in [2.75, 3.05) is 6.61 Å². The van der Waals surface area contributed by atoms with Gasteiger partial charge in [-0.15, -0.1) is 0 Å². The van der Waals surface area contributed by atoms with Gasteiger partial charge in [-0.3, -0.25) is 10.1 Å². The maximum atomic E-state index is 10.7. The van der Waals surface area contributed by atoms with Crippen molar-refractivity contribution in [1.29, 1.82) is 0 Å². The zero-order valence-corrected chi connectivity index (χ0v) is 9.91. The Morgan fingerprint density at radius 1 is 1.56 bits per heavy atom. The van der Waals surface area contributed by atoms with Gasteiger partial charge in [0.25, 0.3) is 0 Å². The quantitative estimate of drug-likeness (QED) is 0.602. The van der Waals surface area contributed by atoms with Gasteiger partial charge in [0, 0.05) is 6.07 Å². The lowest BCUT2D eigenvalue weighted by Crippen LogP contribution is -2.41. The van der Waals surface area contributed by atoms with E-state index in [4.69, 9.17) is 9.84 Å². The number of nitrogens with zero attached hydrogens (tertiary/aromatic N) is 1. The topological polar surface area (TPSA) is 110 Å². The molecule has 0 saturated carbocycles. The third-order valence-electron chi connectivity index (χ3n) is 2.28. The van der Waals surface area contributed by atoms with E-state index in [1.54, 1.807) is 13.0 Å². The number of benzene rings is 1. The Bertz CT molecular complexity index is 482. The molecule has 0 fully saturated rings. The van der Waals surface area contributed by atoms with Crippen LogP contribution in [-0.2, 0) is 4.79 Å². The number of hydrogen-bond acceptors (Lipinski definition) is 5. The number of rotatable bonds is 5. The van der Waals surface area contributed by atoms with Crippen LogP contribution in [0.5, 0.6) is 5.75 Å². The molecule has 7 heteroatoms. The first-order chi connectivity index (χ1) is 8.24. The molecule has 0 aliphatic carbocycles. The Labute approximate surface area is 103 Å². The van der Waals surface area contributed by atoms with Gasteiger partial charge in [0.2, 0.25) is 0 Å². The summed E-state index contributed by atoms with van der Waals surface area (Å²) in [6, 6.07) is 4.22. The summed E-state index contributed by atoms with van der Waals surface area (Å²) in [7, 11) is 0. The Hall–Kier alpha value is -2.15. The third-order valence-corrected chi connectivity index (χ3v) is 2.28. The fourth-order valence-electron chi connectivity index (χ4n) is 1.17. The first-order valence-corrected chi connectivity index (χ1v) is 5.07. The molecule has 0 amide bonds. The van der Waals surface area contributed by atoms with E-state index >= 15 is 0 Å². The molecule has 1 atom stereocenters. The van der Waals surface area contributed by atoms with Crippen molar-refractivity contribution < 1.29 is 24.7 Å². The van der Waals surface area contributed by atoms with Crippen molar-refractivity contribution in [2.24, 2.45) is 0 Å². The highest BCUT2D eigenvalue weighted by Crippen LogP contribution is 2.28. The zero-order chi connectivity index (χ0) is 13.9. The van der Waals surface area contributed by atoms with Gasteiger partial charge in [0.1, 0.15) is 6.61 Å². The highest BCUT2D eigenvalue weighted by Gasteiger charge is 2.32. The molecule has 1 aromatic rings. The van der Waals surface area contributed by atoms with E-state index in [0.717, 1.165) is 12.5 Å². The number of aryl methyl sites for hydroxylation is 1. The van der Waals surface area contributed by atoms with Crippen LogP contribution in [0.4, 0.5) is 5.69 Å². The van der Waals surface area contributed by atoms with Crippen molar-refractivity contribution in [3.05, 3.63) is 33.9 Å². The molecule has 0 aliphatic rings. The normalized spacial score (nSPS) is 13.7. The number of carboxylic acids is 1. The van der Waals surface area contributed by atoms with E-state index in [9.17, 15) is 20.0 Å². The average molecular weight is 255 g/mol. The Morgan fingerprint density at radius 2 is 2.17 bits per heavy atom. The van der Waals surface area contributed by atoms with Crippen LogP contribution in [0.25, 0.3) is 0 Å². The van der Waals surface area contributed by atoms with E-state index in [-0.39, 0.29) is 11.4 Å². The van der Waals surface area contributed by atoms with Crippen LogP contribution in [0, 0.1) is 17.0 Å². The number of carboxylic acid groups (broad SMARTS) is 1. The molecule has 1 aromatic carbocycles. The number of aliphatic carboxylic acids is 1. The molecule has 18 heavy (non-hydrogen) atoms. The Kier molecular flexibility index (Phi) is 3.87. The summed E-state index contributed by atoms with van der Waals surface area (Å²) < 4.78 is 5.03. The number of nitro benzene ring substituents is 1. The summed E-state index contributed by atoms with van der Waals surface area (Å²) in [6.07, 6.45) is 0. The van der Waals surface area contributed by atoms with Crippen LogP contribution in [0.1, 0.15) is 12.5 Å². The summed E-state index contributed by atoms with van der Waals surface area (Å²) in [5.41, 5.74) is -1.65. The van der Waals surface area contributed by atoms with Crippen LogP contribution < -0.4 is 4.74 Å². The van der Waals surface area contributed by atoms with E-state index in [1.165, 1.54) is 12.1 Å². The highest BCUT2D eigenvalue weighted by molar-refractivity contribution is 5.76. The third kappa shape index (κ3) is 3.17. The number of aliphatic hydroxyl groups is 1. The lowest BCUT2D eigenvalue weighted by Gasteiger charge is -2.18. The molecule has 0 aromatic heterocycles. The van der Waals surface area contributed by atoms with Crippen molar-refractivity contribution in [2.45, 2.75) is 19.4 Å². The number of hydrogen-bond donors (Lipinski definition) is 2. The fraction of sp³-hybridized carbons (Fsp3) is 0.364. The van der Waals surface area contributed by atoms with Gasteiger partial charge >= 0.3 is 11.7 Å². The van der Waals surface area contributed by atoms with Gasteiger partial charge in [0.05, 0.1) is 4.92 Å². The fourth-order valence-corrected chi connectivity index (χ4v) is 1.17. The van der Waals surface area contributed by atoms with Gasteiger partial charge in [0.15, 0.2) is 11.4 Å². The summed E-state index contributed by atoms with van der Waals surface area (Å²) in [5, 5.41) is 28.9. The number of carbonyl (C=O) groups is 1. The van der Waals surface area contributed by atoms with Gasteiger partial charge < -0.3 is 14.9 Å². The predicted molar refractivity (Wildman–Crippen MR) is 61.6 cm³/mol. The second kappa shape index (κ2) is 5.01. The second-order valence-electron chi connectivity index (χ2n) is 4.10. The van der Waals surface area contributed by atoms with Gasteiger partial charge in [-0.05, 0) is 25.5 Å². The van der Waals surface area contributed by atoms with Crippen LogP contribution in [0.3, 0.4) is 0 Å². The summed E-state index contributed by atoms with van der Waals surface area (Å²) in [5.74, 6) is -1.53. The van der Waals surface area contributed by atoms with Crippen LogP contribution in [0.15, 0.2) is 18.2 Å². The zero-order valence-electron chi connectivity index (χ0n) is 9.91. The molecule has 0 saturated heterocycles. The highest BCUT2D eigenvalue weighted by atomic mass is 16.6. The molecule has 1 rings (SSSR count). The van der Waals surface area contributed by atoms with E-state index in [1.807, 2.05) is 0 Å². The summed E-state index contributed by atoms with van der Waals surface area (Å²) >= 11 is 0. The molecule has 0 radical (unpaired) electrons. The molecular weight excluding hydrogens is 242 g/mol. The van der Waals surface area contributed by atoms with Gasteiger partial charge in [-0.25, -0.2) is 4.79 Å². The average Bonchev–Trinajstić information content (AvgIpc) is 2.26. The maximum absolute atomic E-state index is 10.7. The summed E-state index contributed by atoms with van der Waals surface area (Å²) in [6.45, 7) is 2.19. The molecule has 7 nitrogen and oxygen atoms in total. The SMILES string of the molecule is Cc1ccc([N+](=O)[O-])c(OCC(C)(O)C(=O)O)c1. The first-order valence-electron chi connectivity index (χ1n) is 5.07. The van der Waals surface area contributed by atoms with Gasteiger partial charge in [-0.2, -0.15) is 0 Å². The van der Waals surface area contributed by atoms with E-state index in [2.05, 4.69) is 0 Å². The monoisotopic (exact) mass is 255 g/mol. The minimum Gasteiger partial charge on any atom is -0.483 e. The van der Waals surface area contributed by atoms with Crippen molar-refractivity contribution in [3.63, 3.8) is 0 Å². The number of ether oxygens (including phenoxy) is 1. The molecule has 98 valence electrons. The minimum atomic E-state index is -2.10. The molecular formula is C11H13NO6. The Morgan fingerprint density at radius 3 is 2.67 bits per heavy atom. The molecule has 0 heterocycles. The van der Waals surface area contributed by atoms with Crippen molar-refractivity contribution in [1.82, 2.24) is 0 Å².